The third-order valence-electron chi connectivity index (χ3n) is 3.07. The summed E-state index contributed by atoms with van der Waals surface area (Å²) in [5, 5.41) is 10.8. The molecule has 0 amide bonds. The number of hydrogen-bond donors (Lipinski definition) is 3. The molecule has 1 aromatic rings. The normalized spacial score (nSPS) is 13.2. The first-order valence-corrected chi connectivity index (χ1v) is 7.58. The number of nitrogens with one attached hydrogen (secondary N) is 2. The van der Waals surface area contributed by atoms with Gasteiger partial charge in [0.05, 0.1) is 10.6 Å². The summed E-state index contributed by atoms with van der Waals surface area (Å²) in [6.07, 6.45) is 0. The highest BCUT2D eigenvalue weighted by atomic mass is 32.2. The van der Waals surface area contributed by atoms with Crippen molar-refractivity contribution in [2.24, 2.45) is 5.84 Å². The average Bonchev–Trinajstić information content (AvgIpc) is 2.43. The Morgan fingerprint density at radius 2 is 2.05 bits per heavy atom. The second-order valence-electron chi connectivity index (χ2n) is 4.75. The molecular weight excluding hydrogens is 298 g/mol. The number of nitrogens with two attached hydrogens (primary N) is 1. The fraction of sp³-hybridized carbons (Fsp3) is 0.455. The van der Waals surface area contributed by atoms with E-state index in [1.165, 1.54) is 12.1 Å². The lowest BCUT2D eigenvalue weighted by Crippen LogP contribution is -2.38. The zero-order chi connectivity index (χ0) is 16.2. The van der Waals surface area contributed by atoms with E-state index in [1.807, 2.05) is 25.9 Å². The lowest BCUT2D eigenvalue weighted by Gasteiger charge is -2.20. The molecule has 1 unspecified atom stereocenters. The molecule has 0 saturated heterocycles. The van der Waals surface area contributed by atoms with Gasteiger partial charge in [-0.05, 0) is 27.1 Å². The first kappa shape index (κ1) is 17.3. The van der Waals surface area contributed by atoms with Gasteiger partial charge < -0.3 is 10.3 Å². The zero-order valence-corrected chi connectivity index (χ0v) is 12.8. The largest absolute Gasteiger partial charge is 0.323 e. The Morgan fingerprint density at radius 1 is 1.43 bits per heavy atom. The number of sulfonamides is 1. The van der Waals surface area contributed by atoms with Gasteiger partial charge in [0, 0.05) is 24.7 Å². The lowest BCUT2D eigenvalue weighted by atomic mass is 10.3. The Labute approximate surface area is 123 Å². The Kier molecular flexibility index (Phi) is 5.61. The van der Waals surface area contributed by atoms with Crippen molar-refractivity contribution in [3.8, 4) is 0 Å². The van der Waals surface area contributed by atoms with Gasteiger partial charge in [-0.2, -0.15) is 0 Å². The van der Waals surface area contributed by atoms with E-state index in [0.29, 0.717) is 0 Å². The van der Waals surface area contributed by atoms with Gasteiger partial charge in [0.25, 0.3) is 5.69 Å². The van der Waals surface area contributed by atoms with Crippen LogP contribution >= 0.6 is 0 Å². The van der Waals surface area contributed by atoms with E-state index in [9.17, 15) is 18.5 Å². The number of hydrogen-bond acceptors (Lipinski definition) is 7. The molecule has 0 saturated carbocycles. The minimum absolute atomic E-state index is 0.0345. The van der Waals surface area contributed by atoms with Gasteiger partial charge in [0.15, 0.2) is 0 Å². The van der Waals surface area contributed by atoms with E-state index in [1.54, 1.807) is 0 Å². The third-order valence-corrected chi connectivity index (χ3v) is 4.53. The summed E-state index contributed by atoms with van der Waals surface area (Å²) in [6.45, 7) is 2.01. The average molecular weight is 317 g/mol. The molecule has 0 spiro atoms. The number of anilines is 1. The number of nitrogens with zero attached hydrogens (tertiary/aromatic N) is 2. The summed E-state index contributed by atoms with van der Waals surface area (Å²) < 4.78 is 26.9. The standard InChI is InChI=1S/C11H19N5O4S/c1-8(15(2)3)7-13-21(19,20)11-6-9(16(17)18)4-5-10(11)14-12/h4-6,8,13-14H,7,12H2,1-3H3. The highest BCUT2D eigenvalue weighted by Crippen LogP contribution is 2.25. The Balaban J connectivity index is 3.11. The van der Waals surface area contributed by atoms with Crippen LogP contribution in [0.3, 0.4) is 0 Å². The molecule has 0 aliphatic rings. The van der Waals surface area contributed by atoms with E-state index < -0.39 is 14.9 Å². The van der Waals surface area contributed by atoms with E-state index >= 15 is 0 Å². The number of hydrazine groups is 1. The van der Waals surface area contributed by atoms with Crippen molar-refractivity contribution < 1.29 is 13.3 Å². The number of benzene rings is 1. The fourth-order valence-electron chi connectivity index (χ4n) is 1.46. The van der Waals surface area contributed by atoms with Crippen molar-refractivity contribution in [3.63, 3.8) is 0 Å². The number of rotatable bonds is 7. The number of likely N-dealkylation sites (N-methyl/N-ethyl adjacent to an activating group) is 1. The molecule has 0 fully saturated rings. The van der Waals surface area contributed by atoms with Crippen molar-refractivity contribution in [2.45, 2.75) is 17.9 Å². The van der Waals surface area contributed by atoms with Gasteiger partial charge in [-0.1, -0.05) is 0 Å². The molecule has 0 aliphatic heterocycles. The molecule has 0 heterocycles. The summed E-state index contributed by atoms with van der Waals surface area (Å²) in [4.78, 5) is 11.7. The Morgan fingerprint density at radius 3 is 2.52 bits per heavy atom. The molecular formula is C11H19N5O4S. The van der Waals surface area contributed by atoms with Crippen LogP contribution in [0.4, 0.5) is 11.4 Å². The lowest BCUT2D eigenvalue weighted by molar-refractivity contribution is -0.385. The van der Waals surface area contributed by atoms with Crippen LogP contribution in [-0.4, -0.2) is 44.9 Å². The van der Waals surface area contributed by atoms with E-state index in [4.69, 9.17) is 5.84 Å². The molecule has 0 bridgehead atoms. The monoisotopic (exact) mass is 317 g/mol. The van der Waals surface area contributed by atoms with Gasteiger partial charge in [0.1, 0.15) is 4.90 Å². The van der Waals surface area contributed by atoms with Crippen LogP contribution in [0.5, 0.6) is 0 Å². The molecule has 0 radical (unpaired) electrons. The van der Waals surface area contributed by atoms with Crippen LogP contribution in [0.2, 0.25) is 0 Å². The van der Waals surface area contributed by atoms with Gasteiger partial charge in [-0.3, -0.25) is 16.0 Å². The van der Waals surface area contributed by atoms with Gasteiger partial charge in [0.2, 0.25) is 10.0 Å². The SMILES string of the molecule is CC(CNS(=O)(=O)c1cc([N+](=O)[O-])ccc1NN)N(C)C. The smallest absolute Gasteiger partial charge is 0.270 e. The predicted octanol–water partition coefficient (Wildman–Crippen LogP) is 0.109. The molecule has 9 nitrogen and oxygen atoms in total. The van der Waals surface area contributed by atoms with Gasteiger partial charge >= 0.3 is 0 Å². The van der Waals surface area contributed by atoms with Gasteiger partial charge in [-0.15, -0.1) is 0 Å². The van der Waals surface area contributed by atoms with E-state index in [2.05, 4.69) is 10.1 Å². The second kappa shape index (κ2) is 6.80. The topological polar surface area (TPSA) is 131 Å². The first-order chi connectivity index (χ1) is 9.69. The first-order valence-electron chi connectivity index (χ1n) is 6.10. The molecule has 118 valence electrons. The zero-order valence-electron chi connectivity index (χ0n) is 12.0. The van der Waals surface area contributed by atoms with Crippen LogP contribution in [0, 0.1) is 10.1 Å². The number of nitro groups is 1. The highest BCUT2D eigenvalue weighted by Gasteiger charge is 2.22. The van der Waals surface area contributed by atoms with E-state index in [0.717, 1.165) is 6.07 Å². The molecule has 1 rings (SSSR count). The fourth-order valence-corrected chi connectivity index (χ4v) is 2.77. The molecule has 21 heavy (non-hydrogen) atoms. The van der Waals surface area contributed by atoms with E-state index in [-0.39, 0.29) is 28.9 Å². The maximum Gasteiger partial charge on any atom is 0.270 e. The molecule has 1 aromatic carbocycles. The predicted molar refractivity (Wildman–Crippen MR) is 79.2 cm³/mol. The molecule has 1 atom stereocenters. The van der Waals surface area contributed by atoms with Crippen molar-refractivity contribution in [1.82, 2.24) is 9.62 Å². The maximum absolute atomic E-state index is 12.3. The number of nitro benzene ring substituents is 1. The molecule has 4 N–H and O–H groups in total. The summed E-state index contributed by atoms with van der Waals surface area (Å²) in [5.41, 5.74) is 1.99. The van der Waals surface area contributed by atoms with Crippen molar-refractivity contribution in [3.05, 3.63) is 28.3 Å². The summed E-state index contributed by atoms with van der Waals surface area (Å²) in [6, 6.07) is 3.36. The van der Waals surface area contributed by atoms with Crippen LogP contribution in [0.15, 0.2) is 23.1 Å². The summed E-state index contributed by atoms with van der Waals surface area (Å²) in [7, 11) is -0.274. The number of non-ortho nitro benzene ring substituents is 1. The minimum Gasteiger partial charge on any atom is -0.323 e. The highest BCUT2D eigenvalue weighted by molar-refractivity contribution is 7.89. The molecule has 0 aromatic heterocycles. The minimum atomic E-state index is -3.91. The Hall–Kier alpha value is -1.75. The second-order valence-corrected chi connectivity index (χ2v) is 6.48. The van der Waals surface area contributed by atoms with Crippen molar-refractivity contribution >= 4 is 21.4 Å². The molecule has 0 aliphatic carbocycles. The van der Waals surface area contributed by atoms with Crippen LogP contribution in [0.1, 0.15) is 6.92 Å². The number of nitrogen functional groups attached to an aromatic ring is 1. The maximum atomic E-state index is 12.3. The summed E-state index contributed by atoms with van der Waals surface area (Å²) >= 11 is 0. The van der Waals surface area contributed by atoms with Crippen molar-refractivity contribution in [2.75, 3.05) is 26.1 Å². The van der Waals surface area contributed by atoms with Crippen LogP contribution in [0.25, 0.3) is 0 Å². The molecule has 10 heteroatoms. The summed E-state index contributed by atoms with van der Waals surface area (Å²) in [5.74, 6) is 5.26. The third kappa shape index (κ3) is 4.36. The van der Waals surface area contributed by atoms with Crippen LogP contribution in [-0.2, 0) is 10.0 Å². The quantitative estimate of drug-likeness (QED) is 0.369. The van der Waals surface area contributed by atoms with Crippen molar-refractivity contribution in [1.29, 1.82) is 0 Å². The van der Waals surface area contributed by atoms with Gasteiger partial charge in [-0.25, -0.2) is 13.1 Å². The Bertz CT molecular complexity index is 617. The van der Waals surface area contributed by atoms with Crippen LogP contribution < -0.4 is 16.0 Å².